The molecular weight excluding hydrogens is 144 g/mol. The van der Waals surface area contributed by atoms with Crippen LogP contribution in [0.3, 0.4) is 0 Å². The monoisotopic (exact) mass is 156 g/mol. The van der Waals surface area contributed by atoms with Gasteiger partial charge in [-0.05, 0) is 12.8 Å². The number of nitrogens with zero attached hydrogens (tertiary/aromatic N) is 1. The molecule has 2 atom stereocenters. The molecule has 1 amide bonds. The van der Waals surface area contributed by atoms with Gasteiger partial charge in [0.15, 0.2) is 0 Å². The van der Waals surface area contributed by atoms with Crippen molar-refractivity contribution in [3.63, 3.8) is 0 Å². The molecule has 0 radical (unpaired) electrons. The van der Waals surface area contributed by atoms with Crippen LogP contribution in [0.1, 0.15) is 12.8 Å². The predicted octanol–water partition coefficient (Wildman–Crippen LogP) is 0.101. The lowest BCUT2D eigenvalue weighted by Gasteiger charge is -2.30. The highest BCUT2D eigenvalue weighted by molar-refractivity contribution is 5.65. The van der Waals surface area contributed by atoms with E-state index in [1.807, 2.05) is 0 Å². The standard InChI is InChI=1S/C7H12N2O2/c10-7(11)9-3-5-1-2-6(4-9)8-5/h5-6,8H,1-4H2,(H,10,11). The number of likely N-dealkylation sites (tertiary alicyclic amines) is 1. The second kappa shape index (κ2) is 2.37. The van der Waals surface area contributed by atoms with Crippen LogP contribution in [0.2, 0.25) is 0 Å². The van der Waals surface area contributed by atoms with E-state index in [4.69, 9.17) is 5.11 Å². The summed E-state index contributed by atoms with van der Waals surface area (Å²) in [6, 6.07) is 0.842. The van der Waals surface area contributed by atoms with E-state index in [1.54, 1.807) is 0 Å². The van der Waals surface area contributed by atoms with Crippen LogP contribution in [-0.2, 0) is 0 Å². The van der Waals surface area contributed by atoms with E-state index in [0.717, 1.165) is 12.8 Å². The minimum atomic E-state index is -0.775. The molecule has 0 spiro atoms. The van der Waals surface area contributed by atoms with Gasteiger partial charge >= 0.3 is 6.09 Å². The van der Waals surface area contributed by atoms with Crippen molar-refractivity contribution in [2.24, 2.45) is 0 Å². The number of fused-ring (bicyclic) bond motifs is 2. The number of hydrogen-bond donors (Lipinski definition) is 2. The summed E-state index contributed by atoms with van der Waals surface area (Å²) in [4.78, 5) is 12.1. The summed E-state index contributed by atoms with van der Waals surface area (Å²) in [7, 11) is 0. The first-order valence-corrected chi connectivity index (χ1v) is 3.99. The fourth-order valence-corrected chi connectivity index (χ4v) is 1.95. The van der Waals surface area contributed by atoms with Gasteiger partial charge in [-0.1, -0.05) is 0 Å². The predicted molar refractivity (Wildman–Crippen MR) is 39.5 cm³/mol. The molecule has 4 nitrogen and oxygen atoms in total. The maximum atomic E-state index is 10.6. The van der Waals surface area contributed by atoms with Gasteiger partial charge in [0.25, 0.3) is 0 Å². The Morgan fingerprint density at radius 3 is 2.36 bits per heavy atom. The zero-order valence-electron chi connectivity index (χ0n) is 6.29. The van der Waals surface area contributed by atoms with Crippen molar-refractivity contribution in [2.75, 3.05) is 13.1 Å². The smallest absolute Gasteiger partial charge is 0.407 e. The van der Waals surface area contributed by atoms with Gasteiger partial charge in [0.1, 0.15) is 0 Å². The lowest BCUT2D eigenvalue weighted by atomic mass is 10.2. The van der Waals surface area contributed by atoms with Crippen molar-refractivity contribution in [1.82, 2.24) is 10.2 Å². The third kappa shape index (κ3) is 1.18. The summed E-state index contributed by atoms with van der Waals surface area (Å²) >= 11 is 0. The first kappa shape index (κ1) is 6.91. The van der Waals surface area contributed by atoms with Crippen molar-refractivity contribution in [2.45, 2.75) is 24.9 Å². The van der Waals surface area contributed by atoms with E-state index in [9.17, 15) is 4.79 Å². The van der Waals surface area contributed by atoms with E-state index in [0.29, 0.717) is 25.2 Å². The Morgan fingerprint density at radius 1 is 1.36 bits per heavy atom. The van der Waals surface area contributed by atoms with Crippen molar-refractivity contribution >= 4 is 6.09 Å². The topological polar surface area (TPSA) is 52.6 Å². The molecule has 11 heavy (non-hydrogen) atoms. The van der Waals surface area contributed by atoms with Gasteiger partial charge in [-0.2, -0.15) is 0 Å². The quantitative estimate of drug-likeness (QED) is 0.523. The number of carbonyl (C=O) groups is 1. The molecule has 2 aliphatic heterocycles. The Morgan fingerprint density at radius 2 is 1.91 bits per heavy atom. The van der Waals surface area contributed by atoms with Gasteiger partial charge < -0.3 is 15.3 Å². The van der Waals surface area contributed by atoms with Gasteiger partial charge in [-0.3, -0.25) is 0 Å². The number of nitrogens with one attached hydrogen (secondary N) is 1. The third-order valence-corrected chi connectivity index (χ3v) is 2.49. The fourth-order valence-electron chi connectivity index (χ4n) is 1.95. The normalized spacial score (nSPS) is 35.8. The van der Waals surface area contributed by atoms with E-state index >= 15 is 0 Å². The Hall–Kier alpha value is -0.770. The summed E-state index contributed by atoms with van der Waals surface area (Å²) in [6.07, 6.45) is 1.49. The van der Waals surface area contributed by atoms with Crippen LogP contribution >= 0.6 is 0 Å². The molecule has 4 heteroatoms. The van der Waals surface area contributed by atoms with Crippen molar-refractivity contribution in [3.8, 4) is 0 Å². The van der Waals surface area contributed by atoms with Gasteiger partial charge in [0.05, 0.1) is 0 Å². The second-order valence-electron chi connectivity index (χ2n) is 3.33. The van der Waals surface area contributed by atoms with Crippen LogP contribution in [-0.4, -0.2) is 41.3 Å². The van der Waals surface area contributed by atoms with E-state index in [1.165, 1.54) is 4.90 Å². The number of amides is 1. The first-order valence-electron chi connectivity index (χ1n) is 3.99. The molecule has 62 valence electrons. The summed E-state index contributed by atoms with van der Waals surface area (Å²) in [6.45, 7) is 1.34. The highest BCUT2D eigenvalue weighted by atomic mass is 16.4. The van der Waals surface area contributed by atoms with Crippen molar-refractivity contribution in [1.29, 1.82) is 0 Å². The van der Waals surface area contributed by atoms with Gasteiger partial charge in [-0.25, -0.2) is 4.79 Å². The van der Waals surface area contributed by atoms with Crippen LogP contribution in [0, 0.1) is 0 Å². The SMILES string of the molecule is O=C(O)N1CC2CCC(C1)N2. The van der Waals surface area contributed by atoms with Crippen molar-refractivity contribution in [3.05, 3.63) is 0 Å². The van der Waals surface area contributed by atoms with E-state index in [2.05, 4.69) is 5.32 Å². The molecule has 0 aromatic heterocycles. The minimum Gasteiger partial charge on any atom is -0.465 e. The zero-order valence-corrected chi connectivity index (χ0v) is 6.29. The molecule has 0 saturated carbocycles. The number of hydrogen-bond acceptors (Lipinski definition) is 2. The second-order valence-corrected chi connectivity index (χ2v) is 3.33. The molecule has 2 N–H and O–H groups in total. The Balaban J connectivity index is 2.02. The number of piperazine rings is 1. The molecule has 2 fully saturated rings. The molecule has 0 aromatic rings. The molecule has 2 heterocycles. The molecule has 2 saturated heterocycles. The van der Waals surface area contributed by atoms with Crippen LogP contribution < -0.4 is 5.32 Å². The Labute approximate surface area is 65.2 Å². The molecule has 2 unspecified atom stereocenters. The average Bonchev–Trinajstić information content (AvgIpc) is 2.30. The Kier molecular flexibility index (Phi) is 1.49. The summed E-state index contributed by atoms with van der Waals surface area (Å²) in [5.41, 5.74) is 0. The molecule has 2 aliphatic rings. The summed E-state index contributed by atoms with van der Waals surface area (Å²) in [5.74, 6) is 0. The maximum absolute atomic E-state index is 10.6. The molecular formula is C7H12N2O2. The van der Waals surface area contributed by atoms with Gasteiger partial charge in [-0.15, -0.1) is 0 Å². The summed E-state index contributed by atoms with van der Waals surface area (Å²) in [5, 5.41) is 12.1. The first-order chi connectivity index (χ1) is 5.25. The maximum Gasteiger partial charge on any atom is 0.407 e. The molecule has 0 aliphatic carbocycles. The zero-order chi connectivity index (χ0) is 7.84. The third-order valence-electron chi connectivity index (χ3n) is 2.49. The fraction of sp³-hybridized carbons (Fsp3) is 0.857. The highest BCUT2D eigenvalue weighted by Crippen LogP contribution is 2.19. The largest absolute Gasteiger partial charge is 0.465 e. The number of carboxylic acid groups (broad SMARTS) is 1. The average molecular weight is 156 g/mol. The lowest BCUT2D eigenvalue weighted by molar-refractivity contribution is 0.127. The Bertz CT molecular complexity index is 171. The highest BCUT2D eigenvalue weighted by Gasteiger charge is 2.33. The molecule has 2 rings (SSSR count). The van der Waals surface area contributed by atoms with Crippen LogP contribution in [0.25, 0.3) is 0 Å². The van der Waals surface area contributed by atoms with Crippen molar-refractivity contribution < 1.29 is 9.90 Å². The molecule has 2 bridgehead atoms. The van der Waals surface area contributed by atoms with Crippen LogP contribution in [0.4, 0.5) is 4.79 Å². The number of rotatable bonds is 0. The lowest BCUT2D eigenvalue weighted by Crippen LogP contribution is -2.52. The molecule has 0 aromatic carbocycles. The van der Waals surface area contributed by atoms with Crippen LogP contribution in [0.5, 0.6) is 0 Å². The van der Waals surface area contributed by atoms with Gasteiger partial charge in [0, 0.05) is 25.2 Å². The summed E-state index contributed by atoms with van der Waals surface area (Å²) < 4.78 is 0. The van der Waals surface area contributed by atoms with E-state index in [-0.39, 0.29) is 0 Å². The van der Waals surface area contributed by atoms with Crippen LogP contribution in [0.15, 0.2) is 0 Å². The van der Waals surface area contributed by atoms with E-state index < -0.39 is 6.09 Å². The van der Waals surface area contributed by atoms with Gasteiger partial charge in [0.2, 0.25) is 0 Å². The minimum absolute atomic E-state index is 0.421.